The molecule has 2 aliphatic rings. The summed E-state index contributed by atoms with van der Waals surface area (Å²) in [6.45, 7) is 2.71. The number of carboxylic acid groups (broad SMARTS) is 1. The third-order valence-electron chi connectivity index (χ3n) is 7.54. The van der Waals surface area contributed by atoms with Crippen LogP contribution >= 0.6 is 11.3 Å². The van der Waals surface area contributed by atoms with Gasteiger partial charge in [-0.1, -0.05) is 49.6 Å². The molecule has 1 aliphatic carbocycles. The van der Waals surface area contributed by atoms with E-state index in [-0.39, 0.29) is 0 Å². The molecule has 1 aliphatic heterocycles. The lowest BCUT2D eigenvalue weighted by molar-refractivity contribution is 0.129. The molecule has 3 aromatic rings. The predicted octanol–water partition coefficient (Wildman–Crippen LogP) is 6.65. The van der Waals surface area contributed by atoms with Crippen LogP contribution in [0.3, 0.4) is 0 Å². The van der Waals surface area contributed by atoms with Crippen LogP contribution in [0.5, 0.6) is 0 Å². The van der Waals surface area contributed by atoms with Crippen LogP contribution in [-0.4, -0.2) is 45.7 Å². The molecule has 184 valence electrons. The lowest BCUT2D eigenvalue weighted by Crippen LogP contribution is -2.40. The maximum Gasteiger partial charge on any atom is 0.407 e. The van der Waals surface area contributed by atoms with Crippen molar-refractivity contribution < 1.29 is 9.90 Å². The normalized spacial score (nSPS) is 17.4. The highest BCUT2D eigenvalue weighted by molar-refractivity contribution is 7.07. The van der Waals surface area contributed by atoms with Crippen LogP contribution in [0.4, 0.5) is 10.6 Å². The van der Waals surface area contributed by atoms with Crippen LogP contribution in [0, 0.1) is 5.92 Å². The first-order valence-electron chi connectivity index (χ1n) is 12.8. The number of anilines is 1. The fourth-order valence-corrected chi connectivity index (χ4v) is 6.05. The Kier molecular flexibility index (Phi) is 7.62. The summed E-state index contributed by atoms with van der Waals surface area (Å²) < 4.78 is 0. The van der Waals surface area contributed by atoms with Gasteiger partial charge in [0.1, 0.15) is 5.82 Å². The Morgan fingerprint density at radius 2 is 1.80 bits per heavy atom. The Morgan fingerprint density at radius 1 is 1.03 bits per heavy atom. The second-order valence-corrected chi connectivity index (χ2v) is 10.6. The van der Waals surface area contributed by atoms with Crippen LogP contribution in [0.1, 0.15) is 62.1 Å². The third kappa shape index (κ3) is 6.01. The average Bonchev–Trinajstić information content (AvgIpc) is 3.43. The fourth-order valence-electron chi connectivity index (χ4n) is 5.50. The summed E-state index contributed by atoms with van der Waals surface area (Å²) in [4.78, 5) is 24.8. The number of nitrogens with zero attached hydrogens (tertiary/aromatic N) is 4. The highest BCUT2D eigenvalue weighted by Gasteiger charge is 2.25. The number of piperidine rings is 1. The Morgan fingerprint density at radius 3 is 2.49 bits per heavy atom. The first-order valence-corrected chi connectivity index (χ1v) is 13.8. The zero-order valence-corrected chi connectivity index (χ0v) is 21.0. The maximum atomic E-state index is 11.7. The van der Waals surface area contributed by atoms with Crippen molar-refractivity contribution in [2.24, 2.45) is 5.92 Å². The van der Waals surface area contributed by atoms with Gasteiger partial charge in [-0.3, -0.25) is 0 Å². The summed E-state index contributed by atoms with van der Waals surface area (Å²) in [5.74, 6) is 2.09. The predicted molar refractivity (Wildman–Crippen MR) is 141 cm³/mol. The topological polar surface area (TPSA) is 69.6 Å². The zero-order chi connectivity index (χ0) is 24.0. The molecule has 35 heavy (non-hydrogen) atoms. The number of carbonyl (C=O) groups is 1. The van der Waals surface area contributed by atoms with Crippen molar-refractivity contribution in [2.45, 2.75) is 57.4 Å². The minimum Gasteiger partial charge on any atom is -0.465 e. The van der Waals surface area contributed by atoms with Crippen LogP contribution in [0.2, 0.25) is 0 Å². The number of aromatic nitrogens is 2. The molecule has 2 aromatic heterocycles. The number of amides is 1. The lowest BCUT2D eigenvalue weighted by atomic mass is 9.84. The summed E-state index contributed by atoms with van der Waals surface area (Å²) in [6, 6.07) is 15.3. The smallest absolute Gasteiger partial charge is 0.407 e. The molecule has 0 bridgehead atoms. The van der Waals surface area contributed by atoms with Crippen molar-refractivity contribution in [3.05, 3.63) is 64.6 Å². The number of hydrogen-bond acceptors (Lipinski definition) is 5. The van der Waals surface area contributed by atoms with Gasteiger partial charge < -0.3 is 14.9 Å². The molecule has 1 aromatic carbocycles. The number of thiazole rings is 1. The van der Waals surface area contributed by atoms with Gasteiger partial charge in [0.05, 0.1) is 23.4 Å². The molecule has 3 heterocycles. The molecule has 1 amide bonds. The molecule has 7 heteroatoms. The minimum absolute atomic E-state index is 0.358. The molecule has 0 unspecified atom stereocenters. The van der Waals surface area contributed by atoms with E-state index < -0.39 is 6.09 Å². The van der Waals surface area contributed by atoms with E-state index >= 15 is 0 Å². The van der Waals surface area contributed by atoms with Crippen molar-refractivity contribution in [1.82, 2.24) is 14.9 Å². The molecular formula is C28H34N4O2S. The quantitative estimate of drug-likeness (QED) is 0.401. The molecule has 1 saturated carbocycles. The highest BCUT2D eigenvalue weighted by Crippen LogP contribution is 2.33. The molecule has 0 radical (unpaired) electrons. The summed E-state index contributed by atoms with van der Waals surface area (Å²) in [7, 11) is 0. The molecule has 6 nitrogen and oxygen atoms in total. The van der Waals surface area contributed by atoms with Crippen molar-refractivity contribution in [1.29, 1.82) is 0 Å². The van der Waals surface area contributed by atoms with E-state index in [2.05, 4.69) is 52.3 Å². The lowest BCUT2D eigenvalue weighted by Gasteiger charge is -2.34. The number of benzene rings is 1. The molecular weight excluding hydrogens is 456 g/mol. The van der Waals surface area contributed by atoms with Crippen molar-refractivity contribution >= 4 is 23.2 Å². The zero-order valence-electron chi connectivity index (χ0n) is 20.2. The van der Waals surface area contributed by atoms with E-state index in [0.717, 1.165) is 49.1 Å². The molecule has 0 atom stereocenters. The summed E-state index contributed by atoms with van der Waals surface area (Å²) in [5, 5.41) is 11.6. The Bertz CT molecular complexity index is 1090. The van der Waals surface area contributed by atoms with E-state index in [9.17, 15) is 9.90 Å². The first kappa shape index (κ1) is 23.8. The second kappa shape index (κ2) is 11.2. The van der Waals surface area contributed by atoms with Crippen molar-refractivity contribution in [3.8, 4) is 11.3 Å². The van der Waals surface area contributed by atoms with Gasteiger partial charge in [-0.15, -0.1) is 11.3 Å². The largest absolute Gasteiger partial charge is 0.465 e. The van der Waals surface area contributed by atoms with Crippen molar-refractivity contribution in [3.63, 3.8) is 0 Å². The van der Waals surface area contributed by atoms with E-state index in [4.69, 9.17) is 4.98 Å². The third-order valence-corrected chi connectivity index (χ3v) is 8.18. The van der Waals surface area contributed by atoms with E-state index in [1.807, 2.05) is 5.38 Å². The molecule has 1 saturated heterocycles. The van der Waals surface area contributed by atoms with Gasteiger partial charge >= 0.3 is 6.09 Å². The SMILES string of the molecule is O=C(O)N(Cc1cscn1)CC1CCN(c2cccc(-c3ccc(C4CCCCC4)cc3)n2)CC1. The number of pyridine rings is 1. The highest BCUT2D eigenvalue weighted by atomic mass is 32.1. The summed E-state index contributed by atoms with van der Waals surface area (Å²) in [5.41, 5.74) is 6.22. The molecule has 5 rings (SSSR count). The van der Waals surface area contributed by atoms with Crippen LogP contribution in [-0.2, 0) is 6.54 Å². The Hall–Kier alpha value is -2.93. The first-order chi connectivity index (χ1) is 17.2. The van der Waals surface area contributed by atoms with Crippen LogP contribution < -0.4 is 4.90 Å². The minimum atomic E-state index is -0.871. The standard InChI is InChI=1S/C28H34N4O2S/c33-28(34)32(18-25-19-35-20-29-25)17-21-13-15-31(16-14-21)27-8-4-7-26(30-27)24-11-9-23(10-12-24)22-5-2-1-3-6-22/h4,7-12,19-22H,1-3,5-6,13-18H2,(H,33,34). The second-order valence-electron chi connectivity index (χ2n) is 9.91. The van der Waals surface area contributed by atoms with Gasteiger partial charge in [-0.2, -0.15) is 0 Å². The van der Waals surface area contributed by atoms with Gasteiger partial charge in [0, 0.05) is 30.6 Å². The maximum absolute atomic E-state index is 11.7. The van der Waals surface area contributed by atoms with E-state index in [1.54, 1.807) is 5.51 Å². The van der Waals surface area contributed by atoms with E-state index in [1.165, 1.54) is 59.5 Å². The molecule has 0 spiro atoms. The molecule has 2 fully saturated rings. The van der Waals surface area contributed by atoms with Gasteiger partial charge in [0.25, 0.3) is 0 Å². The summed E-state index contributed by atoms with van der Waals surface area (Å²) >= 11 is 1.50. The van der Waals surface area contributed by atoms with Gasteiger partial charge in [-0.25, -0.2) is 14.8 Å². The Labute approximate surface area is 211 Å². The van der Waals surface area contributed by atoms with Crippen LogP contribution in [0.15, 0.2) is 53.4 Å². The Balaban J connectivity index is 1.18. The van der Waals surface area contributed by atoms with Gasteiger partial charge in [-0.05, 0) is 55.2 Å². The fraction of sp³-hybridized carbons (Fsp3) is 0.464. The monoisotopic (exact) mass is 490 g/mol. The summed E-state index contributed by atoms with van der Waals surface area (Å²) in [6.07, 6.45) is 7.78. The molecule has 1 N–H and O–H groups in total. The average molecular weight is 491 g/mol. The van der Waals surface area contributed by atoms with Crippen molar-refractivity contribution in [2.75, 3.05) is 24.5 Å². The van der Waals surface area contributed by atoms with Crippen LogP contribution in [0.25, 0.3) is 11.3 Å². The number of hydrogen-bond donors (Lipinski definition) is 1. The van der Waals surface area contributed by atoms with Gasteiger partial charge in [0.15, 0.2) is 0 Å². The number of rotatable bonds is 7. The van der Waals surface area contributed by atoms with Gasteiger partial charge in [0.2, 0.25) is 0 Å². The van der Waals surface area contributed by atoms with E-state index in [0.29, 0.717) is 19.0 Å².